The van der Waals surface area contributed by atoms with E-state index in [1.54, 1.807) is 11.3 Å². The highest BCUT2D eigenvalue weighted by Gasteiger charge is 2.12. The van der Waals surface area contributed by atoms with Crippen molar-refractivity contribution in [2.75, 3.05) is 17.7 Å². The number of rotatable bonds is 3. The third-order valence-electron chi connectivity index (χ3n) is 2.30. The Hall–Kier alpha value is -0.590. The first-order chi connectivity index (χ1) is 7.58. The summed E-state index contributed by atoms with van der Waals surface area (Å²) in [5.74, 6) is 0.638. The van der Waals surface area contributed by atoms with E-state index in [1.165, 1.54) is 16.4 Å². The minimum Gasteiger partial charge on any atom is -0.383 e. The number of hydrogen-bond donors (Lipinski definition) is 1. The van der Waals surface area contributed by atoms with Gasteiger partial charge < -0.3 is 10.6 Å². The van der Waals surface area contributed by atoms with Gasteiger partial charge in [-0.05, 0) is 40.5 Å². The van der Waals surface area contributed by atoms with Gasteiger partial charge in [0.05, 0.1) is 6.54 Å². The van der Waals surface area contributed by atoms with Crippen LogP contribution >= 0.6 is 38.8 Å². The van der Waals surface area contributed by atoms with Gasteiger partial charge in [0.15, 0.2) is 0 Å². The van der Waals surface area contributed by atoms with E-state index in [9.17, 15) is 0 Å². The molecule has 3 nitrogen and oxygen atoms in total. The number of hydrogen-bond acceptors (Lipinski definition) is 5. The van der Waals surface area contributed by atoms with Gasteiger partial charge in [0, 0.05) is 27.3 Å². The summed E-state index contributed by atoms with van der Waals surface area (Å²) in [5, 5.41) is 3.24. The van der Waals surface area contributed by atoms with Crippen LogP contribution in [0.1, 0.15) is 10.4 Å². The quantitative estimate of drug-likeness (QED) is 0.942. The van der Waals surface area contributed by atoms with E-state index in [-0.39, 0.29) is 0 Å². The Morgan fingerprint density at radius 3 is 2.81 bits per heavy atom. The highest BCUT2D eigenvalue weighted by atomic mass is 79.9. The molecule has 2 rings (SSSR count). The molecule has 0 unspecified atom stereocenters. The van der Waals surface area contributed by atoms with E-state index in [0.717, 1.165) is 21.6 Å². The van der Waals surface area contributed by atoms with Crippen molar-refractivity contribution in [1.29, 1.82) is 0 Å². The molecule has 0 atom stereocenters. The second-order valence-electron chi connectivity index (χ2n) is 3.59. The van der Waals surface area contributed by atoms with E-state index in [0.29, 0.717) is 5.82 Å². The van der Waals surface area contributed by atoms with Gasteiger partial charge in [-0.25, -0.2) is 0 Å². The van der Waals surface area contributed by atoms with Crippen LogP contribution in [-0.4, -0.2) is 11.4 Å². The number of anilines is 2. The van der Waals surface area contributed by atoms with E-state index in [4.69, 9.17) is 5.73 Å². The Morgan fingerprint density at radius 2 is 2.31 bits per heavy atom. The van der Waals surface area contributed by atoms with Crippen molar-refractivity contribution >= 4 is 49.6 Å². The molecule has 0 saturated heterocycles. The van der Waals surface area contributed by atoms with Crippen LogP contribution in [0.25, 0.3) is 0 Å². The molecule has 6 heteroatoms. The Balaban J connectivity index is 2.14. The second-order valence-corrected chi connectivity index (χ2v) is 6.25. The molecule has 16 heavy (non-hydrogen) atoms. The molecular weight excluding hydrogens is 306 g/mol. The monoisotopic (exact) mass is 317 g/mol. The molecule has 0 bridgehead atoms. The summed E-state index contributed by atoms with van der Waals surface area (Å²) in [5.41, 5.74) is 6.82. The Labute approximate surface area is 111 Å². The average Bonchev–Trinajstić information content (AvgIpc) is 2.76. The normalized spacial score (nSPS) is 10.7. The van der Waals surface area contributed by atoms with Gasteiger partial charge in [-0.15, -0.1) is 11.3 Å². The number of nitrogens with two attached hydrogens (primary N) is 1. The molecule has 0 aliphatic heterocycles. The van der Waals surface area contributed by atoms with E-state index < -0.39 is 0 Å². The highest BCUT2D eigenvalue weighted by molar-refractivity contribution is 9.10. The molecular formula is C10H12BrN3S2. The topological polar surface area (TPSA) is 42.1 Å². The molecule has 0 spiro atoms. The van der Waals surface area contributed by atoms with Crippen molar-refractivity contribution in [1.82, 2.24) is 4.37 Å². The van der Waals surface area contributed by atoms with E-state index in [2.05, 4.69) is 43.7 Å². The van der Waals surface area contributed by atoms with Gasteiger partial charge in [0.2, 0.25) is 0 Å². The standard InChI is InChI=1S/C10H12BrN3S2/c1-6-9(12)13-16-10(6)14(2)4-8-3-7(11)5-15-8/h3,5H,4H2,1-2H3,(H2,12,13). The summed E-state index contributed by atoms with van der Waals surface area (Å²) < 4.78 is 5.30. The molecule has 2 N–H and O–H groups in total. The number of nitrogen functional groups attached to an aromatic ring is 1. The van der Waals surface area contributed by atoms with Gasteiger partial charge in [-0.2, -0.15) is 4.37 Å². The first-order valence-electron chi connectivity index (χ1n) is 4.73. The van der Waals surface area contributed by atoms with Crippen LogP contribution in [-0.2, 0) is 6.54 Å². The van der Waals surface area contributed by atoms with Crippen LogP contribution in [0.3, 0.4) is 0 Å². The molecule has 2 heterocycles. The second kappa shape index (κ2) is 4.73. The molecule has 86 valence electrons. The summed E-state index contributed by atoms with van der Waals surface area (Å²) in [7, 11) is 2.06. The van der Waals surface area contributed by atoms with Gasteiger partial charge in [-0.3, -0.25) is 0 Å². The molecule has 0 aliphatic carbocycles. The third-order valence-corrected chi connectivity index (χ3v) is 5.06. The molecule has 2 aromatic rings. The van der Waals surface area contributed by atoms with Gasteiger partial charge in [0.1, 0.15) is 10.8 Å². The van der Waals surface area contributed by atoms with Crippen molar-refractivity contribution in [2.24, 2.45) is 0 Å². The maximum atomic E-state index is 5.74. The first kappa shape index (κ1) is 11.9. The zero-order chi connectivity index (χ0) is 11.7. The minimum absolute atomic E-state index is 0.638. The number of thiophene rings is 1. The zero-order valence-corrected chi connectivity index (χ0v) is 12.2. The number of aromatic nitrogens is 1. The number of nitrogens with zero attached hydrogens (tertiary/aromatic N) is 2. The summed E-state index contributed by atoms with van der Waals surface area (Å²) in [6, 6.07) is 2.14. The van der Waals surface area contributed by atoms with Crippen molar-refractivity contribution in [3.63, 3.8) is 0 Å². The van der Waals surface area contributed by atoms with Gasteiger partial charge >= 0.3 is 0 Å². The molecule has 0 amide bonds. The van der Waals surface area contributed by atoms with Crippen LogP contribution in [0.2, 0.25) is 0 Å². The highest BCUT2D eigenvalue weighted by Crippen LogP contribution is 2.30. The lowest BCUT2D eigenvalue weighted by molar-refractivity contribution is 0.948. The number of halogens is 1. The Morgan fingerprint density at radius 1 is 1.56 bits per heavy atom. The minimum atomic E-state index is 0.638. The maximum Gasteiger partial charge on any atom is 0.142 e. The lowest BCUT2D eigenvalue weighted by atomic mass is 10.3. The fraction of sp³-hybridized carbons (Fsp3) is 0.300. The van der Waals surface area contributed by atoms with Crippen molar-refractivity contribution in [2.45, 2.75) is 13.5 Å². The third kappa shape index (κ3) is 2.39. The Bertz CT molecular complexity index is 492. The van der Waals surface area contributed by atoms with Gasteiger partial charge in [-0.1, -0.05) is 0 Å². The summed E-state index contributed by atoms with van der Waals surface area (Å²) in [6.45, 7) is 2.90. The summed E-state index contributed by atoms with van der Waals surface area (Å²) >= 11 is 6.66. The van der Waals surface area contributed by atoms with Crippen LogP contribution in [0.5, 0.6) is 0 Å². The molecule has 0 aromatic carbocycles. The fourth-order valence-electron chi connectivity index (χ4n) is 1.44. The largest absolute Gasteiger partial charge is 0.383 e. The lowest BCUT2D eigenvalue weighted by Gasteiger charge is -2.16. The average molecular weight is 318 g/mol. The predicted octanol–water partition coefficient (Wildman–Crippen LogP) is 3.49. The van der Waals surface area contributed by atoms with Crippen molar-refractivity contribution in [3.05, 3.63) is 26.4 Å². The van der Waals surface area contributed by atoms with E-state index in [1.807, 2.05) is 6.92 Å². The molecule has 0 aliphatic rings. The van der Waals surface area contributed by atoms with Crippen molar-refractivity contribution < 1.29 is 0 Å². The van der Waals surface area contributed by atoms with Crippen molar-refractivity contribution in [3.8, 4) is 0 Å². The van der Waals surface area contributed by atoms with Crippen LogP contribution < -0.4 is 10.6 Å². The van der Waals surface area contributed by atoms with Gasteiger partial charge in [0.25, 0.3) is 0 Å². The first-order valence-corrected chi connectivity index (χ1v) is 7.18. The maximum absolute atomic E-state index is 5.74. The smallest absolute Gasteiger partial charge is 0.142 e. The summed E-state index contributed by atoms with van der Waals surface area (Å²) in [6.07, 6.45) is 0. The zero-order valence-electron chi connectivity index (χ0n) is 9.03. The van der Waals surface area contributed by atoms with Crippen LogP contribution in [0.4, 0.5) is 10.8 Å². The van der Waals surface area contributed by atoms with Crippen LogP contribution in [0.15, 0.2) is 15.9 Å². The molecule has 0 radical (unpaired) electrons. The Kier molecular flexibility index (Phi) is 3.51. The summed E-state index contributed by atoms with van der Waals surface area (Å²) in [4.78, 5) is 3.50. The molecule has 2 aromatic heterocycles. The lowest BCUT2D eigenvalue weighted by Crippen LogP contribution is -2.15. The molecule has 0 saturated carbocycles. The fourth-order valence-corrected chi connectivity index (χ4v) is 3.71. The van der Waals surface area contributed by atoms with Crippen LogP contribution in [0, 0.1) is 6.92 Å². The molecule has 0 fully saturated rings. The van der Waals surface area contributed by atoms with E-state index >= 15 is 0 Å². The predicted molar refractivity (Wildman–Crippen MR) is 75.4 cm³/mol. The SMILES string of the molecule is Cc1c(N)nsc1N(C)Cc1cc(Br)cs1.